The van der Waals surface area contributed by atoms with E-state index in [1.54, 1.807) is 0 Å². The molecule has 1 rings (SSSR count). The molecule has 0 amide bonds. The van der Waals surface area contributed by atoms with Gasteiger partial charge in [0.1, 0.15) is 0 Å². The molecule has 2 atom stereocenters. The Morgan fingerprint density at radius 3 is 2.67 bits per heavy atom. The molecule has 1 aromatic rings. The van der Waals surface area contributed by atoms with Gasteiger partial charge in [0.15, 0.2) is 6.10 Å². The van der Waals surface area contributed by atoms with Crippen molar-refractivity contribution in [3.63, 3.8) is 0 Å². The maximum absolute atomic E-state index is 11.6. The van der Waals surface area contributed by atoms with Crippen molar-refractivity contribution < 1.29 is 14.6 Å². The van der Waals surface area contributed by atoms with Crippen molar-refractivity contribution in [1.82, 2.24) is 0 Å². The molecule has 0 spiro atoms. The van der Waals surface area contributed by atoms with Gasteiger partial charge in [0.25, 0.3) is 0 Å². The number of unbranched alkanes of at least 4 members (excludes halogenated alkanes) is 1. The number of ether oxygens (including phenoxy) is 1. The molecule has 0 aliphatic rings. The number of carbonyl (C=O) groups is 1. The quantitative estimate of drug-likeness (QED) is 0.469. The Hall–Kier alpha value is -1.00. The SMILES string of the molecule is CCCCOC(=O)[C@H](O)[C@H](C)Sc1ccccc1. The number of benzene rings is 1. The van der Waals surface area contributed by atoms with E-state index in [0.717, 1.165) is 17.7 Å². The lowest BCUT2D eigenvalue weighted by atomic mass is 10.3. The van der Waals surface area contributed by atoms with E-state index in [9.17, 15) is 9.90 Å². The molecule has 18 heavy (non-hydrogen) atoms. The van der Waals surface area contributed by atoms with Crippen LogP contribution in [0, 0.1) is 0 Å². The zero-order chi connectivity index (χ0) is 13.4. The summed E-state index contributed by atoms with van der Waals surface area (Å²) in [4.78, 5) is 12.6. The molecule has 0 fully saturated rings. The highest BCUT2D eigenvalue weighted by molar-refractivity contribution is 8.00. The van der Waals surface area contributed by atoms with Crippen LogP contribution >= 0.6 is 11.8 Å². The van der Waals surface area contributed by atoms with E-state index in [1.165, 1.54) is 11.8 Å². The summed E-state index contributed by atoms with van der Waals surface area (Å²) in [7, 11) is 0. The third-order valence-electron chi connectivity index (χ3n) is 2.49. The number of aliphatic hydroxyl groups is 1. The van der Waals surface area contributed by atoms with Crippen LogP contribution < -0.4 is 0 Å². The second-order valence-corrected chi connectivity index (χ2v) is 5.55. The zero-order valence-electron chi connectivity index (χ0n) is 10.8. The highest BCUT2D eigenvalue weighted by Gasteiger charge is 2.24. The smallest absolute Gasteiger partial charge is 0.336 e. The Bertz CT molecular complexity index is 353. The van der Waals surface area contributed by atoms with Gasteiger partial charge >= 0.3 is 5.97 Å². The molecule has 3 nitrogen and oxygen atoms in total. The van der Waals surface area contributed by atoms with Crippen LogP contribution in [-0.4, -0.2) is 29.0 Å². The van der Waals surface area contributed by atoms with E-state index in [0.29, 0.717) is 6.61 Å². The van der Waals surface area contributed by atoms with E-state index >= 15 is 0 Å². The zero-order valence-corrected chi connectivity index (χ0v) is 11.7. The van der Waals surface area contributed by atoms with E-state index in [1.807, 2.05) is 44.2 Å². The van der Waals surface area contributed by atoms with Crippen LogP contribution in [0.5, 0.6) is 0 Å². The van der Waals surface area contributed by atoms with Gasteiger partial charge in [-0.2, -0.15) is 0 Å². The van der Waals surface area contributed by atoms with Crippen molar-refractivity contribution in [3.05, 3.63) is 30.3 Å². The molecular weight excluding hydrogens is 248 g/mol. The number of hydrogen-bond donors (Lipinski definition) is 1. The first-order chi connectivity index (χ1) is 8.65. The Labute approximate surface area is 113 Å². The monoisotopic (exact) mass is 268 g/mol. The molecule has 1 aromatic carbocycles. The lowest BCUT2D eigenvalue weighted by Gasteiger charge is -2.17. The summed E-state index contributed by atoms with van der Waals surface area (Å²) in [5, 5.41) is 9.63. The van der Waals surface area contributed by atoms with Gasteiger partial charge in [-0.1, -0.05) is 31.5 Å². The minimum absolute atomic E-state index is 0.221. The van der Waals surface area contributed by atoms with Crippen molar-refractivity contribution >= 4 is 17.7 Å². The minimum Gasteiger partial charge on any atom is -0.464 e. The first kappa shape index (κ1) is 15.1. The standard InChI is InChI=1S/C14H20O3S/c1-3-4-10-17-14(16)13(15)11(2)18-12-8-6-5-7-9-12/h5-9,11,13,15H,3-4,10H2,1-2H3/t11-,13+/m0/s1. The van der Waals surface area contributed by atoms with Gasteiger partial charge in [0.05, 0.1) is 6.61 Å². The number of carbonyl (C=O) groups excluding carboxylic acids is 1. The number of hydrogen-bond acceptors (Lipinski definition) is 4. The molecule has 0 unspecified atom stereocenters. The van der Waals surface area contributed by atoms with Gasteiger partial charge in [0.2, 0.25) is 0 Å². The first-order valence-electron chi connectivity index (χ1n) is 6.21. The predicted molar refractivity (Wildman–Crippen MR) is 73.6 cm³/mol. The number of aliphatic hydroxyl groups excluding tert-OH is 1. The molecule has 100 valence electrons. The van der Waals surface area contributed by atoms with Crippen LogP contribution in [0.3, 0.4) is 0 Å². The normalized spacial score (nSPS) is 13.9. The fourth-order valence-corrected chi connectivity index (χ4v) is 2.36. The Kier molecular flexibility index (Phi) is 6.83. The summed E-state index contributed by atoms with van der Waals surface area (Å²) < 4.78 is 5.00. The van der Waals surface area contributed by atoms with Crippen molar-refractivity contribution in [2.24, 2.45) is 0 Å². The molecule has 4 heteroatoms. The van der Waals surface area contributed by atoms with Gasteiger partial charge in [0, 0.05) is 10.1 Å². The molecule has 0 aromatic heterocycles. The highest BCUT2D eigenvalue weighted by atomic mass is 32.2. The molecule has 0 bridgehead atoms. The average Bonchev–Trinajstić information content (AvgIpc) is 2.39. The third-order valence-corrected chi connectivity index (χ3v) is 3.67. The highest BCUT2D eigenvalue weighted by Crippen LogP contribution is 2.25. The average molecular weight is 268 g/mol. The van der Waals surface area contributed by atoms with Crippen molar-refractivity contribution in [2.75, 3.05) is 6.61 Å². The molecule has 0 saturated carbocycles. The molecule has 0 radical (unpaired) electrons. The first-order valence-corrected chi connectivity index (χ1v) is 7.09. The van der Waals surface area contributed by atoms with E-state index in [4.69, 9.17) is 4.74 Å². The number of rotatable bonds is 7. The fraction of sp³-hybridized carbons (Fsp3) is 0.500. The lowest BCUT2D eigenvalue weighted by Crippen LogP contribution is -2.31. The molecule has 0 aliphatic carbocycles. The Morgan fingerprint density at radius 1 is 1.39 bits per heavy atom. The van der Waals surface area contributed by atoms with E-state index < -0.39 is 12.1 Å². The second-order valence-electron chi connectivity index (χ2n) is 4.10. The Morgan fingerprint density at radius 2 is 2.06 bits per heavy atom. The molecule has 0 aliphatic heterocycles. The topological polar surface area (TPSA) is 46.5 Å². The largest absolute Gasteiger partial charge is 0.464 e. The summed E-state index contributed by atoms with van der Waals surface area (Å²) in [6.07, 6.45) is 0.725. The van der Waals surface area contributed by atoms with Gasteiger partial charge in [-0.05, 0) is 25.5 Å². The third kappa shape index (κ3) is 5.10. The van der Waals surface area contributed by atoms with Gasteiger partial charge in [-0.25, -0.2) is 4.79 Å². The van der Waals surface area contributed by atoms with Gasteiger partial charge in [-0.15, -0.1) is 11.8 Å². The summed E-state index contributed by atoms with van der Waals surface area (Å²) in [6.45, 7) is 4.23. The van der Waals surface area contributed by atoms with Crippen LogP contribution in [0.15, 0.2) is 35.2 Å². The second kappa shape index (κ2) is 8.16. The minimum atomic E-state index is -1.08. The fourth-order valence-electron chi connectivity index (χ4n) is 1.37. The van der Waals surface area contributed by atoms with E-state index in [-0.39, 0.29) is 5.25 Å². The predicted octanol–water partition coefficient (Wildman–Crippen LogP) is 2.87. The Balaban J connectivity index is 2.40. The molecular formula is C14H20O3S. The maximum atomic E-state index is 11.6. The van der Waals surface area contributed by atoms with Crippen LogP contribution in [0.1, 0.15) is 26.7 Å². The van der Waals surface area contributed by atoms with E-state index in [2.05, 4.69) is 0 Å². The van der Waals surface area contributed by atoms with Gasteiger partial charge in [-0.3, -0.25) is 0 Å². The van der Waals surface area contributed by atoms with Crippen molar-refractivity contribution in [3.8, 4) is 0 Å². The summed E-state index contributed by atoms with van der Waals surface area (Å²) in [5.41, 5.74) is 0. The number of thioether (sulfide) groups is 1. The summed E-state index contributed by atoms with van der Waals surface area (Å²) in [5.74, 6) is -0.528. The van der Waals surface area contributed by atoms with Crippen LogP contribution in [0.2, 0.25) is 0 Å². The van der Waals surface area contributed by atoms with Gasteiger partial charge < -0.3 is 9.84 Å². The van der Waals surface area contributed by atoms with Crippen molar-refractivity contribution in [1.29, 1.82) is 0 Å². The van der Waals surface area contributed by atoms with Crippen molar-refractivity contribution in [2.45, 2.75) is 42.9 Å². The summed E-state index contributed by atoms with van der Waals surface area (Å²) >= 11 is 1.47. The molecule has 1 N–H and O–H groups in total. The molecule has 0 saturated heterocycles. The maximum Gasteiger partial charge on any atom is 0.336 e. The van der Waals surface area contributed by atoms with Crippen LogP contribution in [-0.2, 0) is 9.53 Å². The molecule has 0 heterocycles. The summed E-state index contributed by atoms with van der Waals surface area (Å²) in [6, 6.07) is 9.71. The van der Waals surface area contributed by atoms with Crippen LogP contribution in [0.25, 0.3) is 0 Å². The van der Waals surface area contributed by atoms with Crippen LogP contribution in [0.4, 0.5) is 0 Å². The number of esters is 1. The lowest BCUT2D eigenvalue weighted by molar-refractivity contribution is -0.153.